The first-order valence-electron chi connectivity index (χ1n) is 4.91. The highest BCUT2D eigenvalue weighted by Crippen LogP contribution is 2.07. The lowest BCUT2D eigenvalue weighted by molar-refractivity contribution is 0.483. The van der Waals surface area contributed by atoms with Gasteiger partial charge in [0.1, 0.15) is 0 Å². The number of nitrogens with zero attached hydrogens (tertiary/aromatic N) is 1. The summed E-state index contributed by atoms with van der Waals surface area (Å²) < 4.78 is 29.3. The van der Waals surface area contributed by atoms with Crippen LogP contribution in [0.1, 0.15) is 16.7 Å². The molecule has 5 heteroatoms. The van der Waals surface area contributed by atoms with Crippen LogP contribution in [0.3, 0.4) is 0 Å². The molecule has 1 aromatic carbocycles. The van der Waals surface area contributed by atoms with E-state index in [0.717, 1.165) is 5.56 Å². The van der Waals surface area contributed by atoms with Gasteiger partial charge in [0.15, 0.2) is 0 Å². The molecule has 0 spiro atoms. The van der Waals surface area contributed by atoms with Crippen LogP contribution in [0.15, 0.2) is 23.2 Å². The van der Waals surface area contributed by atoms with Gasteiger partial charge >= 0.3 is 0 Å². The first kappa shape index (κ1) is 12.9. The molecule has 0 aliphatic heterocycles. The molecule has 0 amide bonds. The van der Waals surface area contributed by atoms with Gasteiger partial charge in [0.2, 0.25) is 0 Å². The summed E-state index contributed by atoms with van der Waals surface area (Å²) in [5, 5.41) is 0. The molecule has 0 fully saturated rings. The van der Waals surface area contributed by atoms with Gasteiger partial charge in [-0.3, -0.25) is 9.55 Å². The zero-order chi connectivity index (χ0) is 12.2. The van der Waals surface area contributed by atoms with E-state index in [1.807, 2.05) is 32.0 Å². The molecule has 0 atom stereocenters. The van der Waals surface area contributed by atoms with Crippen LogP contribution in [0.4, 0.5) is 0 Å². The van der Waals surface area contributed by atoms with Gasteiger partial charge in [-0.2, -0.15) is 8.42 Å². The Morgan fingerprint density at radius 3 is 2.56 bits per heavy atom. The Morgan fingerprint density at radius 1 is 1.31 bits per heavy atom. The molecule has 16 heavy (non-hydrogen) atoms. The summed E-state index contributed by atoms with van der Waals surface area (Å²) in [7, 11) is -3.91. The van der Waals surface area contributed by atoms with Gasteiger partial charge in [-0.05, 0) is 30.5 Å². The second-order valence-corrected chi connectivity index (χ2v) is 5.24. The molecule has 0 radical (unpaired) electrons. The lowest BCUT2D eigenvalue weighted by Crippen LogP contribution is -2.06. The average molecular weight is 241 g/mol. The van der Waals surface area contributed by atoms with Gasteiger partial charge in [-0.15, -0.1) is 0 Å². The first-order valence-corrected chi connectivity index (χ1v) is 6.51. The van der Waals surface area contributed by atoms with Crippen molar-refractivity contribution in [2.24, 2.45) is 4.99 Å². The van der Waals surface area contributed by atoms with Crippen molar-refractivity contribution in [2.45, 2.75) is 13.8 Å². The van der Waals surface area contributed by atoms with Crippen molar-refractivity contribution in [1.82, 2.24) is 0 Å². The molecular weight excluding hydrogens is 226 g/mol. The van der Waals surface area contributed by atoms with Gasteiger partial charge in [-0.1, -0.05) is 18.2 Å². The van der Waals surface area contributed by atoms with E-state index in [1.165, 1.54) is 11.1 Å². The minimum Gasteiger partial charge on any atom is -0.291 e. The Kier molecular flexibility index (Phi) is 4.20. The summed E-state index contributed by atoms with van der Waals surface area (Å²) in [4.78, 5) is 3.93. The Hall–Kier alpha value is -1.20. The van der Waals surface area contributed by atoms with Crippen molar-refractivity contribution in [2.75, 3.05) is 12.3 Å². The maximum atomic E-state index is 10.4. The van der Waals surface area contributed by atoms with E-state index in [-0.39, 0.29) is 12.3 Å². The normalized spacial score (nSPS) is 12.2. The second-order valence-electron chi connectivity index (χ2n) is 3.67. The van der Waals surface area contributed by atoms with Gasteiger partial charge in [0, 0.05) is 6.21 Å². The molecule has 1 rings (SSSR count). The predicted octanol–water partition coefficient (Wildman–Crippen LogP) is 1.61. The summed E-state index contributed by atoms with van der Waals surface area (Å²) in [5.74, 6) is -0.339. The molecule has 0 aliphatic rings. The molecule has 0 heterocycles. The van der Waals surface area contributed by atoms with Crippen LogP contribution in [0.5, 0.6) is 0 Å². The number of aliphatic imine (C=N–C) groups is 1. The van der Waals surface area contributed by atoms with Crippen molar-refractivity contribution in [3.05, 3.63) is 34.9 Å². The number of hydrogen-bond acceptors (Lipinski definition) is 3. The van der Waals surface area contributed by atoms with Crippen molar-refractivity contribution in [3.8, 4) is 0 Å². The quantitative estimate of drug-likeness (QED) is 0.643. The number of hydrogen-bond donors (Lipinski definition) is 1. The predicted molar refractivity (Wildman–Crippen MR) is 64.8 cm³/mol. The van der Waals surface area contributed by atoms with Crippen LogP contribution < -0.4 is 0 Å². The maximum Gasteiger partial charge on any atom is 0.266 e. The number of aryl methyl sites for hydroxylation is 2. The second kappa shape index (κ2) is 5.23. The highest BCUT2D eigenvalue weighted by atomic mass is 32.2. The van der Waals surface area contributed by atoms with E-state index in [9.17, 15) is 8.42 Å². The Morgan fingerprint density at radius 2 is 2.00 bits per heavy atom. The van der Waals surface area contributed by atoms with Gasteiger partial charge in [-0.25, -0.2) is 0 Å². The average Bonchev–Trinajstić information content (AvgIpc) is 2.17. The molecule has 0 aliphatic carbocycles. The van der Waals surface area contributed by atoms with E-state index in [4.69, 9.17) is 4.55 Å². The molecule has 1 N–H and O–H groups in total. The molecule has 0 unspecified atom stereocenters. The summed E-state index contributed by atoms with van der Waals surface area (Å²) >= 11 is 0. The summed E-state index contributed by atoms with van der Waals surface area (Å²) in [6.07, 6.45) is 1.61. The highest BCUT2D eigenvalue weighted by Gasteiger charge is 2.01. The molecule has 0 saturated heterocycles. The van der Waals surface area contributed by atoms with Crippen LogP contribution in [0.25, 0.3) is 0 Å². The maximum absolute atomic E-state index is 10.4. The summed E-state index contributed by atoms with van der Waals surface area (Å²) in [6.45, 7) is 4.10. The minimum atomic E-state index is -3.91. The molecule has 0 saturated carbocycles. The monoisotopic (exact) mass is 241 g/mol. The zero-order valence-electron chi connectivity index (χ0n) is 9.34. The fraction of sp³-hybridized carbons (Fsp3) is 0.364. The lowest BCUT2D eigenvalue weighted by atomic mass is 10.1. The fourth-order valence-electron chi connectivity index (χ4n) is 1.18. The third-order valence-electron chi connectivity index (χ3n) is 2.25. The first-order chi connectivity index (χ1) is 7.38. The van der Waals surface area contributed by atoms with Crippen LogP contribution in [-0.2, 0) is 10.1 Å². The van der Waals surface area contributed by atoms with Crippen LogP contribution >= 0.6 is 0 Å². The Labute approximate surface area is 95.8 Å². The van der Waals surface area contributed by atoms with E-state index in [2.05, 4.69) is 4.99 Å². The Bertz CT molecular complexity index is 492. The van der Waals surface area contributed by atoms with Gasteiger partial charge in [0.25, 0.3) is 10.1 Å². The third-order valence-corrected chi connectivity index (χ3v) is 2.95. The molecule has 1 aromatic rings. The molecular formula is C11H15NO3S. The van der Waals surface area contributed by atoms with E-state index < -0.39 is 10.1 Å². The van der Waals surface area contributed by atoms with Crippen LogP contribution in [-0.4, -0.2) is 31.5 Å². The van der Waals surface area contributed by atoms with Crippen molar-refractivity contribution >= 4 is 16.3 Å². The molecule has 0 aromatic heterocycles. The number of rotatable bonds is 4. The van der Waals surface area contributed by atoms with Crippen molar-refractivity contribution in [3.63, 3.8) is 0 Å². The fourth-order valence-corrected chi connectivity index (χ4v) is 1.52. The van der Waals surface area contributed by atoms with Gasteiger partial charge < -0.3 is 0 Å². The van der Waals surface area contributed by atoms with Crippen molar-refractivity contribution < 1.29 is 13.0 Å². The van der Waals surface area contributed by atoms with Crippen molar-refractivity contribution in [1.29, 1.82) is 0 Å². The standard InChI is InChI=1S/C11H15NO3S/c1-9-3-4-11(7-10(9)2)8-12-5-6-16(13,14)15/h3-4,7-8H,5-6H2,1-2H3,(H,13,14,15)/b12-8-. The lowest BCUT2D eigenvalue weighted by Gasteiger charge is -2.00. The SMILES string of the molecule is Cc1ccc(/C=N\CCS(=O)(=O)O)cc1C. The Balaban J connectivity index is 2.60. The highest BCUT2D eigenvalue weighted by molar-refractivity contribution is 7.85. The van der Waals surface area contributed by atoms with Crippen LogP contribution in [0, 0.1) is 13.8 Å². The molecule has 88 valence electrons. The minimum absolute atomic E-state index is 0.0752. The van der Waals surface area contributed by atoms with Gasteiger partial charge in [0.05, 0.1) is 12.3 Å². The van der Waals surface area contributed by atoms with E-state index >= 15 is 0 Å². The zero-order valence-corrected chi connectivity index (χ0v) is 10.2. The molecule has 0 bridgehead atoms. The topological polar surface area (TPSA) is 66.7 Å². The van der Waals surface area contributed by atoms with Crippen LogP contribution in [0.2, 0.25) is 0 Å². The third kappa shape index (κ3) is 4.55. The number of benzene rings is 1. The molecule has 4 nitrogen and oxygen atoms in total. The van der Waals surface area contributed by atoms with E-state index in [0.29, 0.717) is 0 Å². The largest absolute Gasteiger partial charge is 0.291 e. The van der Waals surface area contributed by atoms with E-state index in [1.54, 1.807) is 6.21 Å². The summed E-state index contributed by atoms with van der Waals surface area (Å²) in [5.41, 5.74) is 3.30. The summed E-state index contributed by atoms with van der Waals surface area (Å²) in [6, 6.07) is 5.88. The smallest absolute Gasteiger partial charge is 0.266 e.